The van der Waals surface area contributed by atoms with E-state index in [1.165, 1.54) is 18.5 Å². The van der Waals surface area contributed by atoms with E-state index in [1.54, 1.807) is 20.2 Å². The van der Waals surface area contributed by atoms with E-state index >= 15 is 0 Å². The minimum atomic E-state index is -3.53. The highest BCUT2D eigenvalue weighted by molar-refractivity contribution is 7.89. The molecule has 2 rings (SSSR count). The molecule has 3 N–H and O–H groups in total. The standard InChI is InChI=1S/C17H30N6O3S/c1-18-17(22-15-5-10-23(11-6-15)12-13-26-2)20-8-9-21-27(24,25)16-4-3-7-19-14-16/h3-4,7,14-15,21H,5-6,8-13H2,1-2H3,(H2,18,20,22). The fourth-order valence-corrected chi connectivity index (χ4v) is 3.86. The van der Waals surface area contributed by atoms with E-state index in [1.807, 2.05) is 0 Å². The summed E-state index contributed by atoms with van der Waals surface area (Å²) in [6, 6.07) is 3.48. The summed E-state index contributed by atoms with van der Waals surface area (Å²) in [5.41, 5.74) is 0. The Kier molecular flexibility index (Phi) is 8.92. The maximum Gasteiger partial charge on any atom is 0.242 e. The number of sulfonamides is 1. The summed E-state index contributed by atoms with van der Waals surface area (Å²) in [4.78, 5) is 10.6. The second-order valence-electron chi connectivity index (χ2n) is 6.34. The van der Waals surface area contributed by atoms with Crippen molar-refractivity contribution in [1.29, 1.82) is 0 Å². The van der Waals surface area contributed by atoms with Gasteiger partial charge in [-0.05, 0) is 25.0 Å². The average Bonchev–Trinajstić information content (AvgIpc) is 2.70. The second-order valence-corrected chi connectivity index (χ2v) is 8.11. The van der Waals surface area contributed by atoms with Crippen molar-refractivity contribution in [1.82, 2.24) is 25.2 Å². The van der Waals surface area contributed by atoms with Crippen LogP contribution in [0.15, 0.2) is 34.4 Å². The van der Waals surface area contributed by atoms with Gasteiger partial charge in [0.2, 0.25) is 10.0 Å². The van der Waals surface area contributed by atoms with Crippen LogP contribution < -0.4 is 15.4 Å². The lowest BCUT2D eigenvalue weighted by atomic mass is 10.1. The molecule has 0 amide bonds. The van der Waals surface area contributed by atoms with Crippen LogP contribution in [0.5, 0.6) is 0 Å². The molecule has 0 aromatic carbocycles. The van der Waals surface area contributed by atoms with Gasteiger partial charge in [-0.2, -0.15) is 0 Å². The molecule has 0 radical (unpaired) electrons. The van der Waals surface area contributed by atoms with Crippen LogP contribution in [0.3, 0.4) is 0 Å². The summed E-state index contributed by atoms with van der Waals surface area (Å²) in [5.74, 6) is 0.686. The molecule has 0 aliphatic carbocycles. The first kappa shape index (κ1) is 21.5. The Hall–Kier alpha value is -1.75. The predicted molar refractivity (Wildman–Crippen MR) is 105 cm³/mol. The smallest absolute Gasteiger partial charge is 0.242 e. The zero-order valence-corrected chi connectivity index (χ0v) is 16.8. The number of likely N-dealkylation sites (tertiary alicyclic amines) is 1. The van der Waals surface area contributed by atoms with Gasteiger partial charge in [0.25, 0.3) is 0 Å². The molecular weight excluding hydrogens is 368 g/mol. The molecule has 1 saturated heterocycles. The van der Waals surface area contributed by atoms with Crippen molar-refractivity contribution in [3.63, 3.8) is 0 Å². The highest BCUT2D eigenvalue weighted by Gasteiger charge is 2.19. The second kappa shape index (κ2) is 11.2. The van der Waals surface area contributed by atoms with Crippen LogP contribution >= 0.6 is 0 Å². The lowest BCUT2D eigenvalue weighted by Gasteiger charge is -2.32. The minimum Gasteiger partial charge on any atom is -0.383 e. The maximum atomic E-state index is 12.1. The number of nitrogens with zero attached hydrogens (tertiary/aromatic N) is 3. The topological polar surface area (TPSA) is 108 Å². The van der Waals surface area contributed by atoms with Crippen LogP contribution in [0.2, 0.25) is 0 Å². The number of methoxy groups -OCH3 is 1. The molecule has 0 unspecified atom stereocenters. The summed E-state index contributed by atoms with van der Waals surface area (Å²) >= 11 is 0. The van der Waals surface area contributed by atoms with E-state index in [4.69, 9.17) is 4.74 Å². The van der Waals surface area contributed by atoms with Crippen LogP contribution in [0, 0.1) is 0 Å². The molecule has 152 valence electrons. The molecule has 1 aliphatic heterocycles. The zero-order chi connectivity index (χ0) is 19.5. The summed E-state index contributed by atoms with van der Waals surface area (Å²) in [6.07, 6.45) is 4.95. The Morgan fingerprint density at radius 1 is 1.37 bits per heavy atom. The fourth-order valence-electron chi connectivity index (χ4n) is 2.86. The van der Waals surface area contributed by atoms with E-state index in [2.05, 4.69) is 30.2 Å². The van der Waals surface area contributed by atoms with Crippen molar-refractivity contribution in [2.45, 2.75) is 23.8 Å². The number of pyridine rings is 1. The SMILES string of the molecule is CN=C(NCCNS(=O)(=O)c1cccnc1)NC1CCN(CCOC)CC1. The predicted octanol–water partition coefficient (Wildman–Crippen LogP) is -0.364. The first-order valence-electron chi connectivity index (χ1n) is 9.13. The number of nitrogens with one attached hydrogen (secondary N) is 3. The molecule has 1 aromatic heterocycles. The van der Waals surface area contributed by atoms with Crippen LogP contribution in [-0.4, -0.2) is 83.8 Å². The Morgan fingerprint density at radius 2 is 2.15 bits per heavy atom. The van der Waals surface area contributed by atoms with E-state index in [-0.39, 0.29) is 11.4 Å². The molecule has 2 heterocycles. The van der Waals surface area contributed by atoms with Gasteiger partial charge >= 0.3 is 0 Å². The van der Waals surface area contributed by atoms with Gasteiger partial charge in [0.05, 0.1) is 6.61 Å². The Balaban J connectivity index is 1.68. The molecule has 0 bridgehead atoms. The van der Waals surface area contributed by atoms with Crippen molar-refractivity contribution in [3.05, 3.63) is 24.5 Å². The van der Waals surface area contributed by atoms with Gasteiger partial charge in [0.15, 0.2) is 5.96 Å². The Bertz CT molecular complexity index is 675. The van der Waals surface area contributed by atoms with Gasteiger partial charge < -0.3 is 20.3 Å². The number of aromatic nitrogens is 1. The van der Waals surface area contributed by atoms with E-state index in [0.29, 0.717) is 18.5 Å². The summed E-state index contributed by atoms with van der Waals surface area (Å²) in [7, 11) is -0.100. The van der Waals surface area contributed by atoms with Gasteiger partial charge in [-0.1, -0.05) is 0 Å². The van der Waals surface area contributed by atoms with Crippen molar-refractivity contribution in [2.75, 3.05) is 53.5 Å². The van der Waals surface area contributed by atoms with Crippen molar-refractivity contribution < 1.29 is 13.2 Å². The normalized spacial score (nSPS) is 17.0. The highest BCUT2D eigenvalue weighted by Crippen LogP contribution is 2.09. The van der Waals surface area contributed by atoms with Crippen molar-refractivity contribution >= 4 is 16.0 Å². The Labute approximate surface area is 161 Å². The molecule has 0 saturated carbocycles. The maximum absolute atomic E-state index is 12.1. The minimum absolute atomic E-state index is 0.160. The van der Waals surface area contributed by atoms with E-state index in [0.717, 1.165) is 39.1 Å². The molecule has 1 fully saturated rings. The monoisotopic (exact) mass is 398 g/mol. The summed E-state index contributed by atoms with van der Waals surface area (Å²) in [5, 5.41) is 6.55. The number of piperidine rings is 1. The van der Waals surface area contributed by atoms with Gasteiger partial charge in [-0.25, -0.2) is 13.1 Å². The number of guanidine groups is 1. The molecular formula is C17H30N6O3S. The zero-order valence-electron chi connectivity index (χ0n) is 16.0. The van der Waals surface area contributed by atoms with E-state index in [9.17, 15) is 8.42 Å². The van der Waals surface area contributed by atoms with Crippen molar-refractivity contribution in [2.24, 2.45) is 4.99 Å². The molecule has 27 heavy (non-hydrogen) atoms. The summed E-state index contributed by atoms with van der Waals surface area (Å²) in [6.45, 7) is 4.48. The number of rotatable bonds is 9. The molecule has 0 atom stereocenters. The summed E-state index contributed by atoms with van der Waals surface area (Å²) < 4.78 is 31.9. The molecule has 1 aromatic rings. The Morgan fingerprint density at radius 3 is 2.78 bits per heavy atom. The van der Waals surface area contributed by atoms with Gasteiger partial charge in [0.1, 0.15) is 4.90 Å². The van der Waals surface area contributed by atoms with Gasteiger partial charge in [-0.3, -0.25) is 9.98 Å². The lowest BCUT2D eigenvalue weighted by molar-refractivity contribution is 0.128. The van der Waals surface area contributed by atoms with Crippen molar-refractivity contribution in [3.8, 4) is 0 Å². The number of aliphatic imine (C=N–C) groups is 1. The van der Waals surface area contributed by atoms with Crippen LogP contribution in [0.1, 0.15) is 12.8 Å². The third-order valence-corrected chi connectivity index (χ3v) is 5.86. The number of ether oxygens (including phenoxy) is 1. The first-order valence-corrected chi connectivity index (χ1v) is 10.6. The average molecular weight is 399 g/mol. The highest BCUT2D eigenvalue weighted by atomic mass is 32.2. The number of hydrogen-bond acceptors (Lipinski definition) is 6. The lowest BCUT2D eigenvalue weighted by Crippen LogP contribution is -2.50. The molecule has 9 nitrogen and oxygen atoms in total. The third kappa shape index (κ3) is 7.41. The molecule has 1 aliphatic rings. The molecule has 0 spiro atoms. The van der Waals surface area contributed by atoms with Gasteiger partial charge in [0, 0.05) is 65.3 Å². The largest absolute Gasteiger partial charge is 0.383 e. The first-order chi connectivity index (χ1) is 13.0. The quantitative estimate of drug-likeness (QED) is 0.296. The fraction of sp³-hybridized carbons (Fsp3) is 0.647. The van der Waals surface area contributed by atoms with E-state index < -0.39 is 10.0 Å². The van der Waals surface area contributed by atoms with Crippen LogP contribution in [-0.2, 0) is 14.8 Å². The van der Waals surface area contributed by atoms with Gasteiger partial charge in [-0.15, -0.1) is 0 Å². The molecule has 10 heteroatoms. The van der Waals surface area contributed by atoms with Crippen LogP contribution in [0.4, 0.5) is 0 Å². The third-order valence-electron chi connectivity index (χ3n) is 4.42. The van der Waals surface area contributed by atoms with Crippen LogP contribution in [0.25, 0.3) is 0 Å². The number of hydrogen-bond donors (Lipinski definition) is 3.